The minimum Gasteiger partial charge on any atom is -0.303 e. The Morgan fingerprint density at radius 3 is 2.68 bits per heavy atom. The number of hydrogen-bond donors (Lipinski definition) is 1. The van der Waals surface area contributed by atoms with Crippen LogP contribution in [0.2, 0.25) is 0 Å². The van der Waals surface area contributed by atoms with Gasteiger partial charge in [-0.05, 0) is 18.2 Å². The number of likely N-dealkylation sites (N-methyl/N-ethyl adjacent to an activating group) is 1. The van der Waals surface area contributed by atoms with Crippen LogP contribution in [0.1, 0.15) is 18.1 Å². The van der Waals surface area contributed by atoms with Gasteiger partial charge in [-0.3, -0.25) is 9.69 Å². The Balaban J connectivity index is 1.56. The average molecular weight is 363 g/mol. The van der Waals surface area contributed by atoms with Gasteiger partial charge < -0.3 is 10.2 Å². The number of amides is 1. The first-order chi connectivity index (χ1) is 12.1. The number of hydrogen-bond acceptors (Lipinski definition) is 6. The topological polar surface area (TPSA) is 60.3 Å². The van der Waals surface area contributed by atoms with Gasteiger partial charge in [-0.2, -0.15) is 5.10 Å². The van der Waals surface area contributed by atoms with Crippen LogP contribution in [0.5, 0.6) is 0 Å². The monoisotopic (exact) mass is 363 g/mol. The highest BCUT2D eigenvalue weighted by Gasteiger charge is 2.17. The van der Waals surface area contributed by atoms with Crippen molar-refractivity contribution < 1.29 is 9.18 Å². The molecule has 0 radical (unpaired) electrons. The lowest BCUT2D eigenvalue weighted by atomic mass is 10.1. The number of nitrogens with zero attached hydrogens (tertiary/aromatic N) is 4. The number of amidine groups is 1. The number of piperazine rings is 1. The maximum Gasteiger partial charge on any atom is 0.236 e. The zero-order valence-corrected chi connectivity index (χ0v) is 15.1. The fourth-order valence-electron chi connectivity index (χ4n) is 2.80. The zero-order chi connectivity index (χ0) is 17.6. The normalized spacial score (nSPS) is 21.4. The molecule has 0 bridgehead atoms. The van der Waals surface area contributed by atoms with Gasteiger partial charge in [-0.25, -0.2) is 4.39 Å². The molecule has 0 aromatic heterocycles. The summed E-state index contributed by atoms with van der Waals surface area (Å²) >= 11 is 1.30. The Bertz CT molecular complexity index is 686. The summed E-state index contributed by atoms with van der Waals surface area (Å²) in [6, 6.07) is 5.12. The van der Waals surface area contributed by atoms with Gasteiger partial charge in [0.15, 0.2) is 5.17 Å². The summed E-state index contributed by atoms with van der Waals surface area (Å²) < 4.78 is 14.3. The molecular weight excluding hydrogens is 341 g/mol. The Labute approximate surface area is 151 Å². The van der Waals surface area contributed by atoms with Crippen molar-refractivity contribution in [2.45, 2.75) is 13.5 Å². The number of benzene rings is 1. The molecule has 8 heteroatoms. The molecule has 2 fully saturated rings. The summed E-state index contributed by atoms with van der Waals surface area (Å²) in [5.74, 6) is 0.0664. The summed E-state index contributed by atoms with van der Waals surface area (Å²) in [6.45, 7) is 7.89. The molecule has 0 aliphatic carbocycles. The molecular formula is C17H22FN5OS. The van der Waals surface area contributed by atoms with E-state index < -0.39 is 0 Å². The van der Waals surface area contributed by atoms with Gasteiger partial charge in [0.05, 0.1) is 12.0 Å². The Morgan fingerprint density at radius 2 is 2.04 bits per heavy atom. The number of carbonyl (C=O) groups is 1. The van der Waals surface area contributed by atoms with E-state index in [-0.39, 0.29) is 11.7 Å². The zero-order valence-electron chi connectivity index (χ0n) is 14.2. The van der Waals surface area contributed by atoms with Gasteiger partial charge in [0, 0.05) is 38.3 Å². The van der Waals surface area contributed by atoms with E-state index in [1.165, 1.54) is 24.0 Å². The number of rotatable bonds is 5. The number of thioether (sulfide) groups is 1. The number of nitrogens with one attached hydrogen (secondary N) is 1. The van der Waals surface area contributed by atoms with E-state index in [0.717, 1.165) is 32.7 Å². The van der Waals surface area contributed by atoms with E-state index in [1.807, 2.05) is 12.1 Å². The van der Waals surface area contributed by atoms with Gasteiger partial charge in [0.2, 0.25) is 5.91 Å². The van der Waals surface area contributed by atoms with Gasteiger partial charge in [0.25, 0.3) is 0 Å². The Kier molecular flexibility index (Phi) is 6.17. The fourth-order valence-corrected chi connectivity index (χ4v) is 3.43. The van der Waals surface area contributed by atoms with Gasteiger partial charge in [-0.1, -0.05) is 30.8 Å². The molecule has 1 N–H and O–H groups in total. The predicted octanol–water partition coefficient (Wildman–Crippen LogP) is 1.52. The van der Waals surface area contributed by atoms with Crippen LogP contribution in [-0.2, 0) is 11.3 Å². The molecule has 2 saturated heterocycles. The van der Waals surface area contributed by atoms with Crippen molar-refractivity contribution >= 4 is 29.1 Å². The minimum absolute atomic E-state index is 0.0749. The first kappa shape index (κ1) is 18.0. The summed E-state index contributed by atoms with van der Waals surface area (Å²) in [4.78, 5) is 15.7. The lowest BCUT2D eigenvalue weighted by Gasteiger charge is -2.34. The molecule has 6 nitrogen and oxygen atoms in total. The molecule has 0 spiro atoms. The first-order valence-electron chi connectivity index (χ1n) is 8.41. The molecule has 25 heavy (non-hydrogen) atoms. The number of carbonyl (C=O) groups excluding carboxylic acids is 1. The van der Waals surface area contributed by atoms with Crippen molar-refractivity contribution in [1.82, 2.24) is 15.1 Å². The molecule has 1 aromatic carbocycles. The quantitative estimate of drug-likeness (QED) is 0.636. The van der Waals surface area contributed by atoms with Crippen molar-refractivity contribution in [3.8, 4) is 0 Å². The molecule has 2 heterocycles. The highest BCUT2D eigenvalue weighted by atomic mass is 32.2. The molecule has 2 aliphatic heterocycles. The SMILES string of the molecule is CCN1CCN(Cc2ccc(C=NN=C3NC(=O)CS3)cc2F)CC1. The molecule has 3 rings (SSSR count). The standard InChI is InChI=1S/C17H22FN5OS/c1-2-22-5-7-23(8-6-22)11-14-4-3-13(9-15(14)18)10-19-21-17-20-16(24)12-25-17/h3-4,9-10H,2,5-8,11-12H2,1H3,(H,20,21,24). The van der Waals surface area contributed by atoms with Crippen LogP contribution >= 0.6 is 11.8 Å². The largest absolute Gasteiger partial charge is 0.303 e. The van der Waals surface area contributed by atoms with Crippen LogP contribution < -0.4 is 5.32 Å². The van der Waals surface area contributed by atoms with Crippen molar-refractivity contribution in [2.75, 3.05) is 38.5 Å². The second-order valence-corrected chi connectivity index (χ2v) is 7.01. The highest BCUT2D eigenvalue weighted by Crippen LogP contribution is 2.14. The predicted molar refractivity (Wildman–Crippen MR) is 99.4 cm³/mol. The Hall–Kier alpha value is -1.77. The Morgan fingerprint density at radius 1 is 1.28 bits per heavy atom. The first-order valence-corrected chi connectivity index (χ1v) is 9.39. The third-order valence-corrected chi connectivity index (χ3v) is 5.19. The van der Waals surface area contributed by atoms with Crippen molar-refractivity contribution in [3.63, 3.8) is 0 Å². The van der Waals surface area contributed by atoms with E-state index in [4.69, 9.17) is 0 Å². The van der Waals surface area contributed by atoms with Crippen molar-refractivity contribution in [3.05, 3.63) is 35.1 Å². The molecule has 0 saturated carbocycles. The van der Waals surface area contributed by atoms with Crippen LogP contribution in [0.3, 0.4) is 0 Å². The minimum atomic E-state index is -0.224. The molecule has 1 amide bonds. The summed E-state index contributed by atoms with van der Waals surface area (Å²) in [5.41, 5.74) is 1.35. The van der Waals surface area contributed by atoms with Crippen LogP contribution in [0, 0.1) is 5.82 Å². The smallest absolute Gasteiger partial charge is 0.236 e. The second kappa shape index (κ2) is 8.55. The van der Waals surface area contributed by atoms with Crippen LogP contribution in [0.25, 0.3) is 0 Å². The molecule has 2 aliphatic rings. The lowest BCUT2D eigenvalue weighted by Crippen LogP contribution is -2.45. The van der Waals surface area contributed by atoms with Gasteiger partial charge in [-0.15, -0.1) is 5.10 Å². The summed E-state index contributed by atoms with van der Waals surface area (Å²) in [7, 11) is 0. The highest BCUT2D eigenvalue weighted by molar-refractivity contribution is 8.15. The van der Waals surface area contributed by atoms with Crippen LogP contribution in [0.4, 0.5) is 4.39 Å². The van der Waals surface area contributed by atoms with Crippen molar-refractivity contribution in [1.29, 1.82) is 0 Å². The molecule has 134 valence electrons. The van der Waals surface area contributed by atoms with E-state index in [9.17, 15) is 9.18 Å². The average Bonchev–Trinajstić information content (AvgIpc) is 3.03. The van der Waals surface area contributed by atoms with E-state index >= 15 is 0 Å². The third-order valence-electron chi connectivity index (χ3n) is 4.32. The maximum atomic E-state index is 14.3. The van der Waals surface area contributed by atoms with Gasteiger partial charge in [0.1, 0.15) is 5.82 Å². The summed E-state index contributed by atoms with van der Waals surface area (Å²) in [6.07, 6.45) is 1.49. The van der Waals surface area contributed by atoms with E-state index in [1.54, 1.807) is 0 Å². The molecule has 0 unspecified atom stereocenters. The van der Waals surface area contributed by atoms with E-state index in [0.29, 0.717) is 28.6 Å². The van der Waals surface area contributed by atoms with E-state index in [2.05, 4.69) is 32.2 Å². The van der Waals surface area contributed by atoms with Crippen LogP contribution in [-0.4, -0.2) is 65.6 Å². The second-order valence-electron chi connectivity index (χ2n) is 6.05. The van der Waals surface area contributed by atoms with Crippen molar-refractivity contribution in [2.24, 2.45) is 10.2 Å². The summed E-state index contributed by atoms with van der Waals surface area (Å²) in [5, 5.41) is 10.9. The third kappa shape index (κ3) is 5.10. The maximum absolute atomic E-state index is 14.3. The van der Waals surface area contributed by atoms with Gasteiger partial charge >= 0.3 is 0 Å². The lowest BCUT2D eigenvalue weighted by molar-refractivity contribution is -0.116. The van der Waals surface area contributed by atoms with Crippen LogP contribution in [0.15, 0.2) is 28.4 Å². The molecule has 1 aromatic rings. The number of halogens is 1. The molecule has 0 atom stereocenters. The fraction of sp³-hybridized carbons (Fsp3) is 0.471.